The summed E-state index contributed by atoms with van der Waals surface area (Å²) in [6.45, 7) is 15.6. The van der Waals surface area contributed by atoms with E-state index in [2.05, 4.69) is 44.4 Å². The molecule has 0 fully saturated rings. The van der Waals surface area contributed by atoms with Crippen molar-refractivity contribution in [2.45, 2.75) is 45.5 Å². The summed E-state index contributed by atoms with van der Waals surface area (Å²) in [4.78, 5) is 11.4. The second kappa shape index (κ2) is 24.4. The van der Waals surface area contributed by atoms with Crippen LogP contribution in [-0.4, -0.2) is 96.2 Å². The lowest BCUT2D eigenvalue weighted by molar-refractivity contribution is -0.122. The minimum Gasteiger partial charge on any atom is -0.379 e. The van der Waals surface area contributed by atoms with Gasteiger partial charge in [0.25, 0.3) is 0 Å². The largest absolute Gasteiger partial charge is 0.379 e. The number of amides is 1. The van der Waals surface area contributed by atoms with E-state index in [1.807, 2.05) is 12.3 Å². The van der Waals surface area contributed by atoms with E-state index in [4.69, 9.17) is 23.7 Å². The standard InChI is InChI=1S/C24H48N2O6S2/c1-6-25-12-15-30-18-17-29-14-10-24(4,34-33-5)32-21-20-31-19-16-28-13-9-23(27)26-11-7-8-22(2)3/h7-8,22,25H,6,9-21H2,1-5H3,(H,26,27)/b8-7+. The van der Waals surface area contributed by atoms with E-state index in [9.17, 15) is 4.79 Å². The third kappa shape index (κ3) is 23.4. The van der Waals surface area contributed by atoms with E-state index in [-0.39, 0.29) is 10.8 Å². The predicted octanol–water partition coefficient (Wildman–Crippen LogP) is 3.51. The minimum absolute atomic E-state index is 0.00548. The lowest BCUT2D eigenvalue weighted by atomic mass is 10.2. The number of hydrogen-bond donors (Lipinski definition) is 2. The third-order valence-electron chi connectivity index (χ3n) is 4.42. The Bertz CT molecular complexity index is 500. The van der Waals surface area contributed by atoms with Crippen LogP contribution in [0, 0.1) is 5.92 Å². The maximum absolute atomic E-state index is 11.7. The molecular weight excluding hydrogens is 476 g/mol. The first-order valence-electron chi connectivity index (χ1n) is 12.2. The van der Waals surface area contributed by atoms with E-state index >= 15 is 0 Å². The van der Waals surface area contributed by atoms with Gasteiger partial charge in [0, 0.05) is 25.9 Å². The molecule has 0 aromatic heterocycles. The molecule has 0 aromatic carbocycles. The first kappa shape index (κ1) is 33.7. The lowest BCUT2D eigenvalue weighted by Crippen LogP contribution is -2.28. The van der Waals surface area contributed by atoms with E-state index in [1.54, 1.807) is 21.6 Å². The van der Waals surface area contributed by atoms with Gasteiger partial charge in [-0.2, -0.15) is 0 Å². The van der Waals surface area contributed by atoms with Gasteiger partial charge in [0.2, 0.25) is 5.91 Å². The van der Waals surface area contributed by atoms with E-state index in [0.717, 1.165) is 19.5 Å². The fraction of sp³-hybridized carbons (Fsp3) is 0.875. The Labute approximate surface area is 215 Å². The summed E-state index contributed by atoms with van der Waals surface area (Å²) in [6.07, 6.45) is 7.22. The molecule has 0 saturated carbocycles. The molecule has 34 heavy (non-hydrogen) atoms. The summed E-state index contributed by atoms with van der Waals surface area (Å²) in [7, 11) is 3.38. The number of ether oxygens (including phenoxy) is 5. The normalized spacial score (nSPS) is 13.6. The number of rotatable bonds is 25. The highest BCUT2D eigenvalue weighted by atomic mass is 33.1. The summed E-state index contributed by atoms with van der Waals surface area (Å²) in [6, 6.07) is 0. The zero-order valence-corrected chi connectivity index (χ0v) is 23.5. The number of carbonyl (C=O) groups is 1. The van der Waals surface area contributed by atoms with Gasteiger partial charge < -0.3 is 34.3 Å². The third-order valence-corrected chi connectivity index (χ3v) is 6.82. The molecule has 10 heteroatoms. The Morgan fingerprint density at radius 2 is 1.56 bits per heavy atom. The summed E-state index contributed by atoms with van der Waals surface area (Å²) >= 11 is 0. The minimum atomic E-state index is -0.330. The molecule has 0 saturated heterocycles. The van der Waals surface area contributed by atoms with Gasteiger partial charge in [0.1, 0.15) is 4.93 Å². The van der Waals surface area contributed by atoms with Crippen LogP contribution in [0.3, 0.4) is 0 Å². The van der Waals surface area contributed by atoms with Gasteiger partial charge in [-0.3, -0.25) is 4.79 Å². The predicted molar refractivity (Wildman–Crippen MR) is 144 cm³/mol. The van der Waals surface area contributed by atoms with Crippen molar-refractivity contribution in [1.82, 2.24) is 10.6 Å². The van der Waals surface area contributed by atoms with Gasteiger partial charge in [-0.25, -0.2) is 0 Å². The zero-order chi connectivity index (χ0) is 25.3. The van der Waals surface area contributed by atoms with Crippen molar-refractivity contribution < 1.29 is 28.5 Å². The molecular formula is C24H48N2O6S2. The zero-order valence-electron chi connectivity index (χ0n) is 21.9. The first-order valence-corrected chi connectivity index (χ1v) is 14.8. The van der Waals surface area contributed by atoms with E-state index < -0.39 is 0 Å². The van der Waals surface area contributed by atoms with Crippen LogP contribution in [-0.2, 0) is 28.5 Å². The SMILES string of the molecule is CCNCCOCCOCCC(C)(OCCOCCOCCC(=O)NC/C=C/C(C)C)SSC. The number of hydrogen-bond acceptors (Lipinski definition) is 9. The number of likely N-dealkylation sites (N-methyl/N-ethyl adjacent to an activating group) is 1. The molecule has 0 aliphatic carbocycles. The van der Waals surface area contributed by atoms with Crippen molar-refractivity contribution in [1.29, 1.82) is 0 Å². The molecule has 0 aliphatic rings. The Morgan fingerprint density at radius 1 is 0.941 bits per heavy atom. The van der Waals surface area contributed by atoms with Crippen LogP contribution in [0.4, 0.5) is 0 Å². The molecule has 0 aromatic rings. The maximum Gasteiger partial charge on any atom is 0.222 e. The van der Waals surface area contributed by atoms with Crippen LogP contribution in [0.5, 0.6) is 0 Å². The monoisotopic (exact) mass is 524 g/mol. The van der Waals surface area contributed by atoms with Gasteiger partial charge in [-0.15, -0.1) is 0 Å². The van der Waals surface area contributed by atoms with Gasteiger partial charge >= 0.3 is 0 Å². The van der Waals surface area contributed by atoms with Crippen molar-refractivity contribution in [2.75, 3.05) is 85.4 Å². The second-order valence-electron chi connectivity index (χ2n) is 8.01. The number of allylic oxidation sites excluding steroid dienone is 1. The maximum atomic E-state index is 11.7. The van der Waals surface area contributed by atoms with Crippen molar-refractivity contribution >= 4 is 27.5 Å². The van der Waals surface area contributed by atoms with Crippen molar-refractivity contribution in [2.24, 2.45) is 5.92 Å². The molecule has 0 heterocycles. The molecule has 0 radical (unpaired) electrons. The number of carbonyl (C=O) groups excluding carboxylic acids is 1. The van der Waals surface area contributed by atoms with Gasteiger partial charge in [0.05, 0.1) is 59.5 Å². The van der Waals surface area contributed by atoms with E-state index in [1.165, 1.54) is 0 Å². The van der Waals surface area contributed by atoms with Crippen LogP contribution < -0.4 is 10.6 Å². The van der Waals surface area contributed by atoms with Crippen LogP contribution in [0.2, 0.25) is 0 Å². The summed E-state index contributed by atoms with van der Waals surface area (Å²) < 4.78 is 28.3. The topological polar surface area (TPSA) is 87.3 Å². The lowest BCUT2D eigenvalue weighted by Gasteiger charge is -2.28. The van der Waals surface area contributed by atoms with Gasteiger partial charge in [0.15, 0.2) is 0 Å². The van der Waals surface area contributed by atoms with Gasteiger partial charge in [-0.05, 0) is 25.6 Å². The number of nitrogens with one attached hydrogen (secondary N) is 2. The fourth-order valence-electron chi connectivity index (χ4n) is 2.62. The van der Waals surface area contributed by atoms with Crippen LogP contribution in [0.25, 0.3) is 0 Å². The summed E-state index contributed by atoms with van der Waals surface area (Å²) in [5.74, 6) is 0.486. The highest BCUT2D eigenvalue weighted by molar-refractivity contribution is 8.76. The Morgan fingerprint density at radius 3 is 2.21 bits per heavy atom. The van der Waals surface area contributed by atoms with Gasteiger partial charge in [-0.1, -0.05) is 54.5 Å². The highest BCUT2D eigenvalue weighted by Crippen LogP contribution is 2.37. The molecule has 0 bridgehead atoms. The van der Waals surface area contributed by atoms with Crippen molar-refractivity contribution in [3.63, 3.8) is 0 Å². The molecule has 0 spiro atoms. The Balaban J connectivity index is 3.67. The Hall–Kier alpha value is -0.330. The van der Waals surface area contributed by atoms with Crippen molar-refractivity contribution in [3.8, 4) is 0 Å². The Kier molecular flexibility index (Phi) is 24.1. The molecule has 0 aliphatic heterocycles. The smallest absolute Gasteiger partial charge is 0.222 e. The average molecular weight is 525 g/mol. The fourth-order valence-corrected chi connectivity index (χ4v) is 4.72. The second-order valence-corrected chi connectivity index (χ2v) is 10.9. The molecule has 0 rings (SSSR count). The summed E-state index contributed by atoms with van der Waals surface area (Å²) in [5, 5.41) is 6.06. The van der Waals surface area contributed by atoms with Crippen molar-refractivity contribution in [3.05, 3.63) is 12.2 Å². The molecule has 2 N–H and O–H groups in total. The first-order chi connectivity index (χ1) is 16.4. The molecule has 8 nitrogen and oxygen atoms in total. The average Bonchev–Trinajstić information content (AvgIpc) is 2.80. The molecule has 1 atom stereocenters. The quantitative estimate of drug-likeness (QED) is 0.0806. The van der Waals surface area contributed by atoms with E-state index in [0.29, 0.717) is 78.3 Å². The molecule has 202 valence electrons. The highest BCUT2D eigenvalue weighted by Gasteiger charge is 2.25. The molecule has 1 unspecified atom stereocenters. The van der Waals surface area contributed by atoms with Crippen LogP contribution >= 0.6 is 21.6 Å². The molecule has 1 amide bonds. The van der Waals surface area contributed by atoms with Crippen LogP contribution in [0.15, 0.2) is 12.2 Å². The van der Waals surface area contributed by atoms with Crippen LogP contribution in [0.1, 0.15) is 40.5 Å². The summed E-state index contributed by atoms with van der Waals surface area (Å²) in [5.41, 5.74) is 0.